The SMILES string of the molecule is CCCCCCCCCCCCCC(=O)O[C@H](CCCCCCCCCCC)CC(=O)NCC(CO)(CO)CO[C@@H]1OC(CO)C(OP(=O)(O)O)C(OC(=O)C[C@@H](CCCCCCCCCCC)OC(=O)CCCCCCCCCCCCC)C1NC(=O)C[C@@H](CCCCCCCCCCC)OC(=O)CCCCCCCCCCCCC. The van der Waals surface area contributed by atoms with Crippen LogP contribution in [-0.2, 0) is 66.3 Å². The molecule has 117 heavy (non-hydrogen) atoms. The summed E-state index contributed by atoms with van der Waals surface area (Å²) in [4.78, 5) is 106. The molecular formula is C95H181N2O19P. The summed E-state index contributed by atoms with van der Waals surface area (Å²) in [5.41, 5.74) is -1.69. The van der Waals surface area contributed by atoms with Crippen molar-refractivity contribution in [3.63, 3.8) is 0 Å². The van der Waals surface area contributed by atoms with Gasteiger partial charge in [-0.1, -0.05) is 388 Å². The summed E-state index contributed by atoms with van der Waals surface area (Å²) in [6.07, 6.45) is 55.4. The summed E-state index contributed by atoms with van der Waals surface area (Å²) < 4.78 is 56.0. The third-order valence-corrected chi connectivity index (χ3v) is 24.0. The number of carbonyl (C=O) groups excluding carboxylic acids is 6. The number of unbranched alkanes of at least 4 members (excludes halogenated alkanes) is 54. The fraction of sp³-hybridized carbons (Fsp3) is 0.937. The number of hydrogen-bond acceptors (Lipinski definition) is 17. The molecule has 0 bridgehead atoms. The van der Waals surface area contributed by atoms with Crippen molar-refractivity contribution in [2.45, 2.75) is 534 Å². The number of aliphatic hydroxyl groups is 3. The van der Waals surface area contributed by atoms with Crippen LogP contribution in [0.2, 0.25) is 0 Å². The number of hydrogen-bond donors (Lipinski definition) is 7. The zero-order valence-corrected chi connectivity index (χ0v) is 76.7. The predicted molar refractivity (Wildman–Crippen MR) is 472 cm³/mol. The second-order valence-electron chi connectivity index (χ2n) is 34.9. The quantitative estimate of drug-likeness (QED) is 0.0129. The van der Waals surface area contributed by atoms with E-state index in [4.69, 9.17) is 32.9 Å². The Kier molecular flexibility index (Phi) is 75.2. The van der Waals surface area contributed by atoms with E-state index < -0.39 is 131 Å². The second-order valence-corrected chi connectivity index (χ2v) is 36.1. The summed E-state index contributed by atoms with van der Waals surface area (Å²) in [7, 11) is -5.56. The number of rotatable bonds is 87. The molecule has 0 aliphatic carbocycles. The molecule has 0 aromatic carbocycles. The van der Waals surface area contributed by atoms with Crippen LogP contribution in [0.3, 0.4) is 0 Å². The second kappa shape index (κ2) is 78.7. The Morgan fingerprint density at radius 1 is 0.359 bits per heavy atom. The number of phosphoric ester groups is 1. The van der Waals surface area contributed by atoms with Crippen LogP contribution in [0, 0.1) is 5.41 Å². The number of amides is 2. The van der Waals surface area contributed by atoms with Crippen LogP contribution in [0.25, 0.3) is 0 Å². The van der Waals surface area contributed by atoms with Crippen molar-refractivity contribution >= 4 is 43.5 Å². The van der Waals surface area contributed by atoms with Crippen molar-refractivity contribution in [2.75, 3.05) is 33.0 Å². The lowest BCUT2D eigenvalue weighted by molar-refractivity contribution is -0.278. The minimum atomic E-state index is -5.56. The van der Waals surface area contributed by atoms with E-state index in [0.29, 0.717) is 51.4 Å². The zero-order valence-electron chi connectivity index (χ0n) is 75.8. The standard InChI is InChI=1S/C95H181N2O19P/c1-7-13-19-25-31-37-40-46-52-58-64-70-87(103)111-81(67-61-55-49-43-34-28-22-16-10-4)73-85(101)96-77-95(78-99,79-100)80-110-94-91(97-86(102)74-82(68-62-56-50-44-35-29-23-17-11-5)112-88(104)71-65-59-53-47-41-38-32-26-20-14-8-2)93(92(84(76-98)114-94)116-117(107,108)109)115-90(106)75-83(69-63-57-51-45-36-30-24-18-12-6)113-89(105)72-66-60-54-48-42-39-33-27-21-15-9-3/h81-84,91-94,98-100H,7-80H2,1-6H3,(H,96,101)(H,97,102)(H2,107,108,109)/t81-,82-,83-,84?,91?,92?,93?,94-/m1/s1. The van der Waals surface area contributed by atoms with Gasteiger partial charge in [-0.3, -0.25) is 33.3 Å². The highest BCUT2D eigenvalue weighted by molar-refractivity contribution is 7.46. The van der Waals surface area contributed by atoms with Gasteiger partial charge in [-0.25, -0.2) is 4.57 Å². The van der Waals surface area contributed by atoms with Crippen molar-refractivity contribution < 1.29 is 91.4 Å². The largest absolute Gasteiger partial charge is 0.470 e. The van der Waals surface area contributed by atoms with Crippen LogP contribution in [0.1, 0.15) is 485 Å². The molecule has 22 heteroatoms. The average molecular weight is 1690 g/mol. The van der Waals surface area contributed by atoms with E-state index in [1.165, 1.54) is 173 Å². The van der Waals surface area contributed by atoms with E-state index >= 15 is 4.79 Å². The van der Waals surface area contributed by atoms with E-state index in [1.54, 1.807) is 0 Å². The van der Waals surface area contributed by atoms with E-state index in [-0.39, 0.29) is 38.2 Å². The molecule has 1 aliphatic rings. The molecular weight excluding hydrogens is 1500 g/mol. The number of esters is 4. The van der Waals surface area contributed by atoms with E-state index in [1.807, 2.05) is 0 Å². The number of carbonyl (C=O) groups is 6. The highest BCUT2D eigenvalue weighted by Crippen LogP contribution is 2.43. The first-order chi connectivity index (χ1) is 56.9. The van der Waals surface area contributed by atoms with Gasteiger partial charge in [-0.05, 0) is 57.8 Å². The van der Waals surface area contributed by atoms with Gasteiger partial charge in [0.1, 0.15) is 36.6 Å². The fourth-order valence-corrected chi connectivity index (χ4v) is 16.5. The molecule has 1 heterocycles. The number of ether oxygens (including phenoxy) is 6. The van der Waals surface area contributed by atoms with Gasteiger partial charge in [0.2, 0.25) is 11.8 Å². The lowest BCUT2D eigenvalue weighted by Crippen LogP contribution is -2.67. The van der Waals surface area contributed by atoms with E-state index in [9.17, 15) is 53.6 Å². The number of phosphoric acid groups is 1. The minimum Gasteiger partial charge on any atom is -0.462 e. The van der Waals surface area contributed by atoms with Crippen LogP contribution in [-0.4, -0.2) is 143 Å². The van der Waals surface area contributed by atoms with Crippen molar-refractivity contribution in [3.05, 3.63) is 0 Å². The topological polar surface area (TPSA) is 309 Å². The Labute approximate surface area is 713 Å². The molecule has 2 amide bonds. The van der Waals surface area contributed by atoms with Gasteiger partial charge in [-0.2, -0.15) is 0 Å². The van der Waals surface area contributed by atoms with Crippen molar-refractivity contribution in [1.82, 2.24) is 10.6 Å². The monoisotopic (exact) mass is 1690 g/mol. The van der Waals surface area contributed by atoms with Gasteiger partial charge in [0, 0.05) is 25.8 Å². The Bertz CT molecular complexity index is 2380. The Morgan fingerprint density at radius 3 is 0.915 bits per heavy atom. The van der Waals surface area contributed by atoms with Crippen LogP contribution < -0.4 is 10.6 Å². The highest BCUT2D eigenvalue weighted by atomic mass is 31.2. The van der Waals surface area contributed by atoms with Gasteiger partial charge >= 0.3 is 31.7 Å². The van der Waals surface area contributed by atoms with Gasteiger partial charge in [0.25, 0.3) is 0 Å². The molecule has 8 atom stereocenters. The molecule has 0 aromatic rings. The highest BCUT2D eigenvalue weighted by Gasteiger charge is 2.53. The van der Waals surface area contributed by atoms with Gasteiger partial charge in [0.05, 0.1) is 51.1 Å². The lowest BCUT2D eigenvalue weighted by atomic mass is 9.90. The van der Waals surface area contributed by atoms with E-state index in [2.05, 4.69) is 52.2 Å². The van der Waals surface area contributed by atoms with Gasteiger partial charge in [-0.15, -0.1) is 0 Å². The van der Waals surface area contributed by atoms with Crippen molar-refractivity contribution in [2.24, 2.45) is 5.41 Å². The van der Waals surface area contributed by atoms with Crippen LogP contribution in [0.15, 0.2) is 0 Å². The summed E-state index contributed by atoms with van der Waals surface area (Å²) >= 11 is 0. The Balaban J connectivity index is 3.84. The molecule has 21 nitrogen and oxygen atoms in total. The molecule has 4 unspecified atom stereocenters. The predicted octanol–water partition coefficient (Wildman–Crippen LogP) is 23.5. The minimum absolute atomic E-state index is 0.139. The van der Waals surface area contributed by atoms with Crippen LogP contribution in [0.5, 0.6) is 0 Å². The average Bonchev–Trinajstić information content (AvgIpc) is 0.777. The zero-order chi connectivity index (χ0) is 85.8. The Hall–Kier alpha value is -3.27. The lowest BCUT2D eigenvalue weighted by Gasteiger charge is -2.46. The first-order valence-electron chi connectivity index (χ1n) is 49.0. The molecule has 1 rings (SSSR count). The Morgan fingerprint density at radius 2 is 0.632 bits per heavy atom. The maximum absolute atomic E-state index is 15.0. The summed E-state index contributed by atoms with van der Waals surface area (Å²) in [6.45, 7) is 9.69. The summed E-state index contributed by atoms with van der Waals surface area (Å²) in [5, 5.41) is 39.3. The van der Waals surface area contributed by atoms with E-state index in [0.717, 1.165) is 180 Å². The number of nitrogens with one attached hydrogen (secondary N) is 2. The molecule has 1 aliphatic heterocycles. The molecule has 690 valence electrons. The van der Waals surface area contributed by atoms with Crippen molar-refractivity contribution in [1.29, 1.82) is 0 Å². The third kappa shape index (κ3) is 65.1. The molecule has 0 saturated carbocycles. The fourth-order valence-electron chi connectivity index (χ4n) is 15.9. The third-order valence-electron chi connectivity index (χ3n) is 23.5. The molecule has 0 radical (unpaired) electrons. The smallest absolute Gasteiger partial charge is 0.462 e. The molecule has 0 spiro atoms. The summed E-state index contributed by atoms with van der Waals surface area (Å²) in [5.74, 6) is -3.55. The maximum Gasteiger partial charge on any atom is 0.470 e. The first kappa shape index (κ1) is 112. The van der Waals surface area contributed by atoms with Crippen molar-refractivity contribution in [3.8, 4) is 0 Å². The van der Waals surface area contributed by atoms with Gasteiger partial charge < -0.3 is 64.2 Å². The number of aliphatic hydroxyl groups excluding tert-OH is 3. The molecule has 1 fully saturated rings. The molecule has 7 N–H and O–H groups in total. The first-order valence-corrected chi connectivity index (χ1v) is 50.6. The molecule has 1 saturated heterocycles. The van der Waals surface area contributed by atoms with Crippen LogP contribution in [0.4, 0.5) is 0 Å². The normalized spacial score (nSPS) is 16.6. The van der Waals surface area contributed by atoms with Gasteiger partial charge in [0.15, 0.2) is 12.4 Å². The van der Waals surface area contributed by atoms with Crippen LogP contribution >= 0.6 is 7.82 Å². The maximum atomic E-state index is 15.0. The molecule has 0 aromatic heterocycles. The summed E-state index contributed by atoms with van der Waals surface area (Å²) in [6, 6.07) is -1.73.